The van der Waals surface area contributed by atoms with Gasteiger partial charge in [0.05, 0.1) is 12.5 Å². The predicted octanol–water partition coefficient (Wildman–Crippen LogP) is 5.20. The number of ether oxygens (including phenoxy) is 1. The van der Waals surface area contributed by atoms with Crippen molar-refractivity contribution in [3.8, 4) is 16.9 Å². The van der Waals surface area contributed by atoms with Crippen molar-refractivity contribution in [2.24, 2.45) is 0 Å². The Hall–Kier alpha value is -3.43. The second-order valence-electron chi connectivity index (χ2n) is 6.95. The van der Waals surface area contributed by atoms with E-state index in [-0.39, 0.29) is 11.4 Å². The number of hydrogen-bond donors (Lipinski definition) is 1. The molecule has 1 N–H and O–H groups in total. The third-order valence-corrected chi connectivity index (χ3v) is 6.77. The molecule has 0 saturated carbocycles. The first-order chi connectivity index (χ1) is 15.5. The average molecular weight is 467 g/mol. The molecule has 160 valence electrons. The monoisotopic (exact) mass is 466 g/mol. The first-order valence-electron chi connectivity index (χ1n) is 9.53. The predicted molar refractivity (Wildman–Crippen MR) is 124 cm³/mol. The smallest absolute Gasteiger partial charge is 0.336 e. The van der Waals surface area contributed by atoms with E-state index < -0.39 is 5.63 Å². The summed E-state index contributed by atoms with van der Waals surface area (Å²) in [5.74, 6) is 0.676. The first kappa shape index (κ1) is 20.5. The number of aromatic nitrogens is 2. The average Bonchev–Trinajstić information content (AvgIpc) is 3.22. The Balaban J connectivity index is 1.47. The van der Waals surface area contributed by atoms with E-state index in [2.05, 4.69) is 9.97 Å². The summed E-state index contributed by atoms with van der Waals surface area (Å²) in [6, 6.07) is 12.7. The summed E-state index contributed by atoms with van der Waals surface area (Å²) in [6.45, 7) is 0. The van der Waals surface area contributed by atoms with E-state index >= 15 is 0 Å². The summed E-state index contributed by atoms with van der Waals surface area (Å²) in [5.41, 5.74) is 1.95. The molecular formula is C23H15FN2O4S2. The third kappa shape index (κ3) is 3.80. The topological polar surface area (TPSA) is 85.2 Å². The molecule has 2 aromatic carbocycles. The van der Waals surface area contributed by atoms with Gasteiger partial charge in [0.25, 0.3) is 5.56 Å². The highest BCUT2D eigenvalue weighted by atomic mass is 32.2. The van der Waals surface area contributed by atoms with Crippen molar-refractivity contribution in [3.05, 3.63) is 86.1 Å². The van der Waals surface area contributed by atoms with Crippen LogP contribution in [0.2, 0.25) is 0 Å². The number of nitrogens with one attached hydrogen (secondary N) is 1. The van der Waals surface area contributed by atoms with Gasteiger partial charge in [-0.15, -0.1) is 11.3 Å². The molecule has 0 aliphatic heterocycles. The van der Waals surface area contributed by atoms with Crippen LogP contribution in [0.15, 0.2) is 73.1 Å². The van der Waals surface area contributed by atoms with Gasteiger partial charge in [0.1, 0.15) is 22.0 Å². The van der Waals surface area contributed by atoms with Crippen LogP contribution >= 0.6 is 23.1 Å². The molecular weight excluding hydrogens is 451 g/mol. The number of benzene rings is 2. The van der Waals surface area contributed by atoms with Gasteiger partial charge in [-0.05, 0) is 35.4 Å². The normalized spacial score (nSPS) is 11.3. The van der Waals surface area contributed by atoms with Crippen molar-refractivity contribution in [3.63, 3.8) is 0 Å². The maximum Gasteiger partial charge on any atom is 0.336 e. The van der Waals surface area contributed by atoms with Gasteiger partial charge in [0, 0.05) is 34.2 Å². The maximum absolute atomic E-state index is 13.2. The molecule has 0 unspecified atom stereocenters. The zero-order chi connectivity index (χ0) is 22.2. The molecule has 9 heteroatoms. The summed E-state index contributed by atoms with van der Waals surface area (Å²) in [4.78, 5) is 32.8. The van der Waals surface area contributed by atoms with E-state index in [1.165, 1.54) is 41.3 Å². The molecule has 0 bridgehead atoms. The standard InChI is InChI=1S/C23H15FN2O4S2/c1-29-15-6-7-16-13(8-19(27)30-18(16)9-15)10-32-23-25-21(28)20-17(11-31-22(20)26-23)12-2-4-14(24)5-3-12/h2-9,11H,10H2,1H3,(H,25,26,28). The lowest BCUT2D eigenvalue weighted by molar-refractivity contribution is 0.414. The molecule has 0 saturated heterocycles. The van der Waals surface area contributed by atoms with E-state index in [9.17, 15) is 14.0 Å². The van der Waals surface area contributed by atoms with Gasteiger partial charge in [-0.25, -0.2) is 14.2 Å². The van der Waals surface area contributed by atoms with Crippen LogP contribution in [0.1, 0.15) is 5.56 Å². The number of methoxy groups -OCH3 is 1. The minimum Gasteiger partial charge on any atom is -0.497 e. The van der Waals surface area contributed by atoms with Gasteiger partial charge in [-0.2, -0.15) is 0 Å². The number of fused-ring (bicyclic) bond motifs is 2. The third-order valence-electron chi connectivity index (χ3n) is 4.98. The number of nitrogens with zero attached hydrogens (tertiary/aromatic N) is 1. The van der Waals surface area contributed by atoms with Crippen LogP contribution in [-0.2, 0) is 5.75 Å². The number of rotatable bonds is 5. The number of halogens is 1. The van der Waals surface area contributed by atoms with Gasteiger partial charge in [0.15, 0.2) is 5.16 Å². The van der Waals surface area contributed by atoms with Crippen LogP contribution in [0, 0.1) is 5.82 Å². The van der Waals surface area contributed by atoms with Crippen LogP contribution in [0.25, 0.3) is 32.3 Å². The van der Waals surface area contributed by atoms with Gasteiger partial charge < -0.3 is 14.1 Å². The van der Waals surface area contributed by atoms with Crippen molar-refractivity contribution >= 4 is 44.3 Å². The second kappa shape index (κ2) is 8.25. The lowest BCUT2D eigenvalue weighted by atomic mass is 10.1. The highest BCUT2D eigenvalue weighted by Gasteiger charge is 2.14. The second-order valence-corrected chi connectivity index (χ2v) is 8.77. The van der Waals surface area contributed by atoms with E-state index in [1.54, 1.807) is 31.4 Å². The summed E-state index contributed by atoms with van der Waals surface area (Å²) in [7, 11) is 1.54. The fraction of sp³-hybridized carbons (Fsp3) is 0.0870. The number of thioether (sulfide) groups is 1. The van der Waals surface area contributed by atoms with Crippen LogP contribution in [-0.4, -0.2) is 17.1 Å². The van der Waals surface area contributed by atoms with Crippen LogP contribution in [0.3, 0.4) is 0 Å². The largest absolute Gasteiger partial charge is 0.497 e. The molecule has 0 radical (unpaired) electrons. The Bertz CT molecular complexity index is 1570. The molecule has 3 aromatic heterocycles. The zero-order valence-electron chi connectivity index (χ0n) is 16.7. The summed E-state index contributed by atoms with van der Waals surface area (Å²) in [6.07, 6.45) is 0. The van der Waals surface area contributed by atoms with Crippen LogP contribution in [0.5, 0.6) is 5.75 Å². The van der Waals surface area contributed by atoms with Gasteiger partial charge in [-0.1, -0.05) is 23.9 Å². The van der Waals surface area contributed by atoms with E-state index in [4.69, 9.17) is 9.15 Å². The quantitative estimate of drug-likeness (QED) is 0.218. The number of thiophene rings is 1. The van der Waals surface area contributed by atoms with Crippen molar-refractivity contribution < 1.29 is 13.5 Å². The molecule has 3 heterocycles. The molecule has 0 atom stereocenters. The SMILES string of the molecule is COc1ccc2c(CSc3nc4scc(-c5ccc(F)cc5)c4c(=O)[nH]3)cc(=O)oc2c1. The highest BCUT2D eigenvalue weighted by molar-refractivity contribution is 7.98. The lowest BCUT2D eigenvalue weighted by Gasteiger charge is -2.07. The first-order valence-corrected chi connectivity index (χ1v) is 11.4. The van der Waals surface area contributed by atoms with Crippen LogP contribution < -0.4 is 15.9 Å². The van der Waals surface area contributed by atoms with Gasteiger partial charge >= 0.3 is 5.63 Å². The summed E-state index contributed by atoms with van der Waals surface area (Å²) >= 11 is 2.68. The molecule has 0 aliphatic rings. The fourth-order valence-corrected chi connectivity index (χ4v) is 5.30. The van der Waals surface area contributed by atoms with Crippen LogP contribution in [0.4, 0.5) is 4.39 Å². The maximum atomic E-state index is 13.2. The zero-order valence-corrected chi connectivity index (χ0v) is 18.3. The molecule has 0 aliphatic carbocycles. The minimum atomic E-state index is -0.458. The summed E-state index contributed by atoms with van der Waals surface area (Å²) < 4.78 is 23.7. The number of aromatic amines is 1. The van der Waals surface area contributed by atoms with E-state index in [0.29, 0.717) is 32.5 Å². The fourth-order valence-electron chi connectivity index (χ4n) is 3.44. The number of H-pyrrole nitrogens is 1. The molecule has 5 aromatic rings. The van der Waals surface area contributed by atoms with Crippen molar-refractivity contribution in [2.75, 3.05) is 7.11 Å². The minimum absolute atomic E-state index is 0.264. The van der Waals surface area contributed by atoms with Crippen molar-refractivity contribution in [2.45, 2.75) is 10.9 Å². The Labute approximate surface area is 188 Å². The Kier molecular flexibility index (Phi) is 5.28. The van der Waals surface area contributed by atoms with Crippen molar-refractivity contribution in [1.29, 1.82) is 0 Å². The molecule has 5 rings (SSSR count). The molecule has 0 spiro atoms. The van der Waals surface area contributed by atoms with Gasteiger partial charge in [0.2, 0.25) is 0 Å². The van der Waals surface area contributed by atoms with Crippen molar-refractivity contribution in [1.82, 2.24) is 9.97 Å². The van der Waals surface area contributed by atoms with E-state index in [1.807, 2.05) is 11.4 Å². The molecule has 6 nitrogen and oxygen atoms in total. The lowest BCUT2D eigenvalue weighted by Crippen LogP contribution is -2.08. The Morgan fingerprint density at radius 3 is 2.75 bits per heavy atom. The Morgan fingerprint density at radius 2 is 1.97 bits per heavy atom. The van der Waals surface area contributed by atoms with Gasteiger partial charge in [-0.3, -0.25) is 4.79 Å². The molecule has 0 amide bonds. The molecule has 32 heavy (non-hydrogen) atoms. The Morgan fingerprint density at radius 1 is 1.16 bits per heavy atom. The summed E-state index contributed by atoms with van der Waals surface area (Å²) in [5, 5.41) is 3.56. The number of hydrogen-bond acceptors (Lipinski definition) is 7. The van der Waals surface area contributed by atoms with E-state index in [0.717, 1.165) is 22.1 Å². The molecule has 0 fully saturated rings. The highest BCUT2D eigenvalue weighted by Crippen LogP contribution is 2.32.